The van der Waals surface area contributed by atoms with Gasteiger partial charge in [-0.15, -0.1) is 0 Å². The average Bonchev–Trinajstić information content (AvgIpc) is 2.55. The Kier molecular flexibility index (Phi) is 6.72. The third kappa shape index (κ3) is 4.73. The Morgan fingerprint density at radius 2 is 1.95 bits per heavy atom. The number of rotatable bonds is 7. The van der Waals surface area contributed by atoms with Crippen molar-refractivity contribution in [3.8, 4) is 5.75 Å². The van der Waals surface area contributed by atoms with E-state index < -0.39 is 0 Å². The van der Waals surface area contributed by atoms with Crippen LogP contribution < -0.4 is 10.1 Å². The Morgan fingerprint density at radius 3 is 2.64 bits per heavy atom. The first-order chi connectivity index (χ1) is 10.7. The van der Waals surface area contributed by atoms with Gasteiger partial charge in [0.1, 0.15) is 5.75 Å². The van der Waals surface area contributed by atoms with Crippen LogP contribution in [-0.2, 0) is 11.3 Å². The topological polar surface area (TPSA) is 47.6 Å². The molecule has 4 heteroatoms. The summed E-state index contributed by atoms with van der Waals surface area (Å²) in [7, 11) is 0. The maximum Gasteiger partial charge on any atom is 0.251 e. The van der Waals surface area contributed by atoms with Crippen molar-refractivity contribution in [2.75, 3.05) is 13.2 Å². The van der Waals surface area contributed by atoms with Crippen molar-refractivity contribution < 1.29 is 14.3 Å². The zero-order chi connectivity index (χ0) is 15.8. The first-order valence-corrected chi connectivity index (χ1v) is 8.39. The highest BCUT2D eigenvalue weighted by molar-refractivity contribution is 5.94. The summed E-state index contributed by atoms with van der Waals surface area (Å²) >= 11 is 0. The molecule has 4 nitrogen and oxygen atoms in total. The number of benzene rings is 1. The van der Waals surface area contributed by atoms with Crippen LogP contribution in [0.5, 0.6) is 5.75 Å². The highest BCUT2D eigenvalue weighted by atomic mass is 16.5. The number of carbonyl (C=O) groups is 1. The predicted molar refractivity (Wildman–Crippen MR) is 87.3 cm³/mol. The zero-order valence-electron chi connectivity index (χ0n) is 13.7. The van der Waals surface area contributed by atoms with E-state index in [0.29, 0.717) is 31.4 Å². The molecule has 122 valence electrons. The van der Waals surface area contributed by atoms with E-state index in [1.807, 2.05) is 32.0 Å². The molecule has 22 heavy (non-hydrogen) atoms. The van der Waals surface area contributed by atoms with E-state index in [1.165, 1.54) is 19.3 Å². The van der Waals surface area contributed by atoms with Gasteiger partial charge < -0.3 is 14.8 Å². The molecule has 0 bridgehead atoms. The van der Waals surface area contributed by atoms with Gasteiger partial charge in [0.2, 0.25) is 0 Å². The third-order valence-electron chi connectivity index (χ3n) is 4.02. The average molecular weight is 305 g/mol. The van der Waals surface area contributed by atoms with E-state index in [2.05, 4.69) is 5.32 Å². The van der Waals surface area contributed by atoms with Crippen molar-refractivity contribution in [2.45, 2.75) is 58.6 Å². The summed E-state index contributed by atoms with van der Waals surface area (Å²) in [4.78, 5) is 12.4. The highest BCUT2D eigenvalue weighted by Gasteiger charge is 2.17. The molecule has 2 rings (SSSR count). The Hall–Kier alpha value is -1.55. The van der Waals surface area contributed by atoms with Crippen molar-refractivity contribution in [1.29, 1.82) is 0 Å². The van der Waals surface area contributed by atoms with Crippen LogP contribution in [0.2, 0.25) is 0 Å². The van der Waals surface area contributed by atoms with Crippen molar-refractivity contribution in [3.05, 3.63) is 29.3 Å². The standard InChI is InChI=1S/C18H27NO3/c1-3-21-13-15-12-14(10-11-17(15)22-4-2)18(20)19-16-8-6-5-7-9-16/h10-12,16H,3-9,13H2,1-2H3,(H,19,20). The van der Waals surface area contributed by atoms with E-state index in [4.69, 9.17) is 9.47 Å². The fraction of sp³-hybridized carbons (Fsp3) is 0.611. The fourth-order valence-corrected chi connectivity index (χ4v) is 2.86. The van der Waals surface area contributed by atoms with E-state index in [-0.39, 0.29) is 5.91 Å². The maximum absolute atomic E-state index is 12.4. The lowest BCUT2D eigenvalue weighted by atomic mass is 9.95. The van der Waals surface area contributed by atoms with Gasteiger partial charge in [-0.1, -0.05) is 19.3 Å². The van der Waals surface area contributed by atoms with Gasteiger partial charge in [-0.2, -0.15) is 0 Å². The molecule has 1 aliphatic carbocycles. The zero-order valence-corrected chi connectivity index (χ0v) is 13.7. The largest absolute Gasteiger partial charge is 0.494 e. The van der Waals surface area contributed by atoms with Crippen molar-refractivity contribution >= 4 is 5.91 Å². The molecule has 1 aliphatic rings. The molecule has 1 saturated carbocycles. The summed E-state index contributed by atoms with van der Waals surface area (Å²) in [5.74, 6) is 0.804. The van der Waals surface area contributed by atoms with Gasteiger partial charge in [0.25, 0.3) is 5.91 Å². The summed E-state index contributed by atoms with van der Waals surface area (Å²) in [5.41, 5.74) is 1.61. The third-order valence-corrected chi connectivity index (χ3v) is 4.02. The second-order valence-electron chi connectivity index (χ2n) is 5.70. The molecule has 1 aromatic rings. The van der Waals surface area contributed by atoms with E-state index >= 15 is 0 Å². The Labute approximate surface area is 133 Å². The lowest BCUT2D eigenvalue weighted by Gasteiger charge is -2.23. The van der Waals surface area contributed by atoms with E-state index in [1.54, 1.807) is 0 Å². The van der Waals surface area contributed by atoms with Gasteiger partial charge in [-0.05, 0) is 44.9 Å². The first-order valence-electron chi connectivity index (χ1n) is 8.39. The second-order valence-corrected chi connectivity index (χ2v) is 5.70. The maximum atomic E-state index is 12.4. The number of nitrogens with one attached hydrogen (secondary N) is 1. The minimum Gasteiger partial charge on any atom is -0.494 e. The minimum absolute atomic E-state index is 0.00713. The van der Waals surface area contributed by atoms with Crippen molar-refractivity contribution in [1.82, 2.24) is 5.32 Å². The molecular weight excluding hydrogens is 278 g/mol. The molecule has 0 heterocycles. The molecule has 1 fully saturated rings. The summed E-state index contributed by atoms with van der Waals surface area (Å²) < 4.78 is 11.1. The molecule has 1 amide bonds. The van der Waals surface area contributed by atoms with E-state index in [9.17, 15) is 4.79 Å². The molecule has 0 spiro atoms. The molecule has 1 N–H and O–H groups in total. The number of amides is 1. The first kappa shape index (κ1) is 16.8. The van der Waals surface area contributed by atoms with Crippen LogP contribution in [0.1, 0.15) is 61.9 Å². The molecule has 1 aromatic carbocycles. The van der Waals surface area contributed by atoms with E-state index in [0.717, 1.165) is 24.2 Å². The Morgan fingerprint density at radius 1 is 1.18 bits per heavy atom. The molecule has 0 saturated heterocycles. The summed E-state index contributed by atoms with van der Waals surface area (Å²) in [6.45, 7) is 5.63. The van der Waals surface area contributed by atoms with Gasteiger partial charge in [-0.3, -0.25) is 4.79 Å². The SMILES string of the molecule is CCOCc1cc(C(=O)NC2CCCCC2)ccc1OCC. The minimum atomic E-state index is 0.00713. The number of hydrogen-bond acceptors (Lipinski definition) is 3. The van der Waals surface area contributed by atoms with Crippen LogP contribution in [-0.4, -0.2) is 25.2 Å². The monoisotopic (exact) mass is 305 g/mol. The van der Waals surface area contributed by atoms with Gasteiger partial charge >= 0.3 is 0 Å². The summed E-state index contributed by atoms with van der Waals surface area (Å²) in [6, 6.07) is 5.91. The molecule has 0 radical (unpaired) electrons. The summed E-state index contributed by atoms with van der Waals surface area (Å²) in [6.07, 6.45) is 5.89. The molecule has 0 aliphatic heterocycles. The van der Waals surface area contributed by atoms with Gasteiger partial charge in [0.15, 0.2) is 0 Å². The summed E-state index contributed by atoms with van der Waals surface area (Å²) in [5, 5.41) is 3.15. The lowest BCUT2D eigenvalue weighted by molar-refractivity contribution is 0.0927. The number of hydrogen-bond donors (Lipinski definition) is 1. The molecular formula is C18H27NO3. The fourth-order valence-electron chi connectivity index (χ4n) is 2.86. The van der Waals surface area contributed by atoms with Crippen molar-refractivity contribution in [2.24, 2.45) is 0 Å². The molecule has 0 unspecified atom stereocenters. The quantitative estimate of drug-likeness (QED) is 0.836. The van der Waals surface area contributed by atoms with Gasteiger partial charge in [0.05, 0.1) is 13.2 Å². The van der Waals surface area contributed by atoms with Crippen molar-refractivity contribution in [3.63, 3.8) is 0 Å². The van der Waals surface area contributed by atoms with Crippen LogP contribution in [0.15, 0.2) is 18.2 Å². The van der Waals surface area contributed by atoms with Gasteiger partial charge in [-0.25, -0.2) is 0 Å². The number of ether oxygens (including phenoxy) is 2. The Bertz CT molecular complexity index is 481. The molecule has 0 aromatic heterocycles. The second kappa shape index (κ2) is 8.79. The van der Waals surface area contributed by atoms with Crippen LogP contribution in [0.4, 0.5) is 0 Å². The van der Waals surface area contributed by atoms with Gasteiger partial charge in [0, 0.05) is 23.8 Å². The smallest absolute Gasteiger partial charge is 0.251 e. The van der Waals surface area contributed by atoms with Crippen LogP contribution in [0, 0.1) is 0 Å². The normalized spacial score (nSPS) is 15.5. The van der Waals surface area contributed by atoms with Crippen LogP contribution in [0.3, 0.4) is 0 Å². The van der Waals surface area contributed by atoms with Crippen LogP contribution >= 0.6 is 0 Å². The van der Waals surface area contributed by atoms with Crippen LogP contribution in [0.25, 0.3) is 0 Å². The molecule has 0 atom stereocenters. The number of carbonyl (C=O) groups excluding carboxylic acids is 1. The predicted octanol–water partition coefficient (Wildman–Crippen LogP) is 3.68. The highest BCUT2D eigenvalue weighted by Crippen LogP contribution is 2.22. The Balaban J connectivity index is 2.06. The lowest BCUT2D eigenvalue weighted by Crippen LogP contribution is -2.36.